The number of aliphatic carboxylic acids is 1. The molecule has 0 amide bonds. The van der Waals surface area contributed by atoms with Crippen molar-refractivity contribution >= 4 is 13.1 Å². The second kappa shape index (κ2) is 6.15. The molecule has 0 spiro atoms. The van der Waals surface area contributed by atoms with Gasteiger partial charge in [-0.3, -0.25) is 0 Å². The van der Waals surface area contributed by atoms with Gasteiger partial charge < -0.3 is 26.6 Å². The highest BCUT2D eigenvalue weighted by Gasteiger charge is 2.49. The second-order valence-corrected chi connectivity index (χ2v) is 5.63. The summed E-state index contributed by atoms with van der Waals surface area (Å²) in [5.74, 6) is -1.32. The third-order valence-electron chi connectivity index (χ3n) is 4.40. The normalized spacial score (nSPS) is 23.9. The lowest BCUT2D eigenvalue weighted by molar-refractivity contribution is -0.145. The number of benzene rings is 1. The van der Waals surface area contributed by atoms with Gasteiger partial charge in [0.05, 0.1) is 0 Å². The Morgan fingerprint density at radius 3 is 2.71 bits per heavy atom. The van der Waals surface area contributed by atoms with Crippen LogP contribution < -0.4 is 11.5 Å². The molecule has 0 radical (unpaired) electrons. The van der Waals surface area contributed by atoms with Crippen LogP contribution in [0.3, 0.4) is 0 Å². The van der Waals surface area contributed by atoms with E-state index in [1.54, 1.807) is 12.1 Å². The summed E-state index contributed by atoms with van der Waals surface area (Å²) in [6, 6.07) is 5.43. The summed E-state index contributed by atoms with van der Waals surface area (Å²) in [6.07, 6.45) is 1.82. The SMILES string of the molecule is NCc1cccc2c1CC(CCCB(O)O)C2(N)C(=O)O. The molecule has 1 aromatic carbocycles. The first-order chi connectivity index (χ1) is 9.91. The molecule has 7 heteroatoms. The van der Waals surface area contributed by atoms with Gasteiger partial charge in [-0.05, 0) is 41.8 Å². The zero-order chi connectivity index (χ0) is 15.6. The zero-order valence-corrected chi connectivity index (χ0v) is 11.8. The van der Waals surface area contributed by atoms with E-state index in [0.717, 1.165) is 11.1 Å². The molecule has 7 N–H and O–H groups in total. The summed E-state index contributed by atoms with van der Waals surface area (Å²) in [7, 11) is -1.37. The molecule has 0 saturated carbocycles. The summed E-state index contributed by atoms with van der Waals surface area (Å²) >= 11 is 0. The minimum atomic E-state index is -1.43. The third-order valence-corrected chi connectivity index (χ3v) is 4.40. The number of carbonyl (C=O) groups is 1. The monoisotopic (exact) mass is 292 g/mol. The van der Waals surface area contributed by atoms with Crippen LogP contribution in [0.4, 0.5) is 0 Å². The average Bonchev–Trinajstić information content (AvgIpc) is 2.73. The minimum Gasteiger partial charge on any atom is -0.480 e. The van der Waals surface area contributed by atoms with E-state index >= 15 is 0 Å². The van der Waals surface area contributed by atoms with E-state index in [2.05, 4.69) is 0 Å². The molecule has 2 atom stereocenters. The van der Waals surface area contributed by atoms with Gasteiger partial charge in [-0.25, -0.2) is 4.79 Å². The Labute approximate surface area is 123 Å². The van der Waals surface area contributed by atoms with E-state index in [-0.39, 0.29) is 12.2 Å². The van der Waals surface area contributed by atoms with Crippen molar-refractivity contribution in [3.05, 3.63) is 34.9 Å². The molecule has 0 fully saturated rings. The van der Waals surface area contributed by atoms with Crippen LogP contribution in [0.15, 0.2) is 18.2 Å². The zero-order valence-electron chi connectivity index (χ0n) is 11.8. The largest absolute Gasteiger partial charge is 0.480 e. The van der Waals surface area contributed by atoms with Crippen LogP contribution >= 0.6 is 0 Å². The smallest absolute Gasteiger partial charge is 0.451 e. The second-order valence-electron chi connectivity index (χ2n) is 5.63. The van der Waals surface area contributed by atoms with Crippen LogP contribution in [0.25, 0.3) is 0 Å². The van der Waals surface area contributed by atoms with Crippen LogP contribution in [-0.2, 0) is 23.3 Å². The number of carboxylic acid groups (broad SMARTS) is 1. The van der Waals surface area contributed by atoms with Crippen molar-refractivity contribution < 1.29 is 19.9 Å². The Kier molecular flexibility index (Phi) is 4.68. The van der Waals surface area contributed by atoms with E-state index in [9.17, 15) is 9.90 Å². The van der Waals surface area contributed by atoms with Crippen molar-refractivity contribution in [3.8, 4) is 0 Å². The molecule has 6 nitrogen and oxygen atoms in total. The fourth-order valence-corrected chi connectivity index (χ4v) is 3.25. The molecule has 2 rings (SSSR count). The fourth-order valence-electron chi connectivity index (χ4n) is 3.25. The topological polar surface area (TPSA) is 130 Å². The van der Waals surface area contributed by atoms with Gasteiger partial charge >= 0.3 is 13.1 Å². The maximum absolute atomic E-state index is 11.7. The maximum Gasteiger partial charge on any atom is 0.451 e. The van der Waals surface area contributed by atoms with Crippen LogP contribution in [0.5, 0.6) is 0 Å². The van der Waals surface area contributed by atoms with E-state index in [0.29, 0.717) is 31.4 Å². The lowest BCUT2D eigenvalue weighted by Crippen LogP contribution is -2.48. The lowest BCUT2D eigenvalue weighted by Gasteiger charge is -2.28. The van der Waals surface area contributed by atoms with E-state index in [4.69, 9.17) is 21.5 Å². The van der Waals surface area contributed by atoms with Crippen molar-refractivity contribution in [2.75, 3.05) is 0 Å². The molecule has 2 unspecified atom stereocenters. The van der Waals surface area contributed by atoms with Gasteiger partial charge in [-0.15, -0.1) is 0 Å². The van der Waals surface area contributed by atoms with Gasteiger partial charge in [0.2, 0.25) is 0 Å². The number of hydrogen-bond donors (Lipinski definition) is 5. The first-order valence-electron chi connectivity index (χ1n) is 7.11. The first kappa shape index (κ1) is 16.0. The predicted molar refractivity (Wildman–Crippen MR) is 79.3 cm³/mol. The third kappa shape index (κ3) is 2.82. The number of hydrogen-bond acceptors (Lipinski definition) is 5. The number of rotatable bonds is 6. The van der Waals surface area contributed by atoms with Gasteiger partial charge in [0, 0.05) is 6.54 Å². The summed E-state index contributed by atoms with van der Waals surface area (Å²) in [6.45, 7) is 0.348. The lowest BCUT2D eigenvalue weighted by atomic mass is 9.77. The Balaban J connectivity index is 2.30. The Morgan fingerprint density at radius 2 is 2.14 bits per heavy atom. The molecule has 21 heavy (non-hydrogen) atoms. The van der Waals surface area contributed by atoms with Crippen LogP contribution in [-0.4, -0.2) is 28.2 Å². The Bertz CT molecular complexity index is 538. The average molecular weight is 292 g/mol. The molecule has 114 valence electrons. The highest BCUT2D eigenvalue weighted by atomic mass is 16.4. The molecular formula is C14H21BN2O4. The maximum atomic E-state index is 11.7. The Hall–Kier alpha value is -1.41. The van der Waals surface area contributed by atoms with Crippen LogP contribution in [0, 0.1) is 5.92 Å². The number of carboxylic acids is 1. The molecule has 1 aliphatic rings. The van der Waals surface area contributed by atoms with Crippen molar-refractivity contribution in [3.63, 3.8) is 0 Å². The van der Waals surface area contributed by atoms with Crippen molar-refractivity contribution in [2.24, 2.45) is 17.4 Å². The Morgan fingerprint density at radius 1 is 1.43 bits per heavy atom. The standard InChI is InChI=1S/C14H21BN2O4/c16-8-9-3-1-5-12-11(9)7-10(4-2-6-15(20)21)14(12,17)13(18)19/h1,3,5,10,20-21H,2,4,6-8,16-17H2,(H,18,19). The predicted octanol–water partition coefficient (Wildman–Crippen LogP) is -0.191. The molecule has 0 aromatic heterocycles. The highest BCUT2D eigenvalue weighted by molar-refractivity contribution is 6.40. The summed E-state index contributed by atoms with van der Waals surface area (Å²) in [5.41, 5.74) is 13.0. The molecule has 1 aromatic rings. The number of fused-ring (bicyclic) bond motifs is 1. The van der Waals surface area contributed by atoms with E-state index in [1.165, 1.54) is 0 Å². The molecule has 0 aliphatic heterocycles. The molecule has 1 aliphatic carbocycles. The fraction of sp³-hybridized carbons (Fsp3) is 0.500. The van der Waals surface area contributed by atoms with Gasteiger partial charge in [0.25, 0.3) is 0 Å². The van der Waals surface area contributed by atoms with Gasteiger partial charge in [-0.2, -0.15) is 0 Å². The van der Waals surface area contributed by atoms with Crippen LogP contribution in [0.1, 0.15) is 29.5 Å². The molecule has 0 heterocycles. The van der Waals surface area contributed by atoms with Gasteiger partial charge in [-0.1, -0.05) is 24.6 Å². The molecule has 0 saturated heterocycles. The summed E-state index contributed by atoms with van der Waals surface area (Å²) in [4.78, 5) is 11.7. The van der Waals surface area contributed by atoms with E-state index < -0.39 is 18.6 Å². The van der Waals surface area contributed by atoms with Crippen LogP contribution in [0.2, 0.25) is 6.32 Å². The van der Waals surface area contributed by atoms with Crippen molar-refractivity contribution in [1.29, 1.82) is 0 Å². The van der Waals surface area contributed by atoms with Crippen molar-refractivity contribution in [2.45, 2.75) is 37.7 Å². The summed E-state index contributed by atoms with van der Waals surface area (Å²) < 4.78 is 0. The van der Waals surface area contributed by atoms with Crippen molar-refractivity contribution in [1.82, 2.24) is 0 Å². The first-order valence-corrected chi connectivity index (χ1v) is 7.11. The minimum absolute atomic E-state index is 0.215. The summed E-state index contributed by atoms with van der Waals surface area (Å²) in [5, 5.41) is 27.4. The highest BCUT2D eigenvalue weighted by Crippen LogP contribution is 2.43. The molecular weight excluding hydrogens is 271 g/mol. The number of nitrogens with two attached hydrogens (primary N) is 2. The van der Waals surface area contributed by atoms with E-state index in [1.807, 2.05) is 6.07 Å². The van der Waals surface area contributed by atoms with Gasteiger partial charge in [0.15, 0.2) is 0 Å². The van der Waals surface area contributed by atoms with Gasteiger partial charge in [0.1, 0.15) is 5.54 Å². The molecule has 0 bridgehead atoms. The quantitative estimate of drug-likeness (QED) is 0.462.